The number of aryl methyl sites for hydroxylation is 1. The van der Waals surface area contributed by atoms with Crippen LogP contribution in [0.2, 0.25) is 0 Å². The van der Waals surface area contributed by atoms with E-state index in [1.807, 2.05) is 59.6 Å². The molecule has 0 saturated carbocycles. The highest BCUT2D eigenvalue weighted by Gasteiger charge is 2.39. The molecule has 3 unspecified atom stereocenters. The highest BCUT2D eigenvalue weighted by Crippen LogP contribution is 2.19. The Balaban J connectivity index is 1.69. The summed E-state index contributed by atoms with van der Waals surface area (Å²) in [5.74, 6) is 0.455. The molecule has 3 rings (SSSR count). The maximum absolute atomic E-state index is 13.6. The largest absolute Gasteiger partial charge is 0.355 e. The van der Waals surface area contributed by atoms with Crippen LogP contribution >= 0.6 is 0 Å². The van der Waals surface area contributed by atoms with Crippen LogP contribution in [0.1, 0.15) is 44.2 Å². The van der Waals surface area contributed by atoms with Gasteiger partial charge in [0.2, 0.25) is 11.8 Å². The highest BCUT2D eigenvalue weighted by atomic mass is 16.2. The van der Waals surface area contributed by atoms with Crippen LogP contribution in [0.4, 0.5) is 0 Å². The van der Waals surface area contributed by atoms with Crippen molar-refractivity contribution < 1.29 is 9.59 Å². The SMILES string of the molecule is C=CN(/C=C\C(C)CC)CCCN1C(=O)C(Cc2ccccc2)NC(=O)C1CCc1ccccc1. The van der Waals surface area contributed by atoms with Gasteiger partial charge in [0, 0.05) is 19.5 Å². The number of rotatable bonds is 13. The minimum atomic E-state index is -0.529. The number of carbonyl (C=O) groups excluding carboxylic acids is 2. The summed E-state index contributed by atoms with van der Waals surface area (Å²) in [6.45, 7) is 9.57. The zero-order chi connectivity index (χ0) is 25.0. The first kappa shape index (κ1) is 26.3. The first-order valence-corrected chi connectivity index (χ1v) is 12.8. The van der Waals surface area contributed by atoms with Crippen molar-refractivity contribution in [2.24, 2.45) is 5.92 Å². The topological polar surface area (TPSA) is 52.6 Å². The fourth-order valence-corrected chi connectivity index (χ4v) is 4.36. The van der Waals surface area contributed by atoms with Gasteiger partial charge in [-0.1, -0.05) is 93.6 Å². The predicted octanol–water partition coefficient (Wildman–Crippen LogP) is 4.95. The quantitative estimate of drug-likeness (QED) is 0.448. The second kappa shape index (κ2) is 13.5. The van der Waals surface area contributed by atoms with Gasteiger partial charge < -0.3 is 15.1 Å². The van der Waals surface area contributed by atoms with Crippen molar-refractivity contribution >= 4 is 11.8 Å². The normalized spacial score (nSPS) is 19.0. The van der Waals surface area contributed by atoms with Gasteiger partial charge >= 0.3 is 0 Å². The summed E-state index contributed by atoms with van der Waals surface area (Å²) in [5, 5.41) is 3.01. The second-order valence-electron chi connectivity index (χ2n) is 9.32. The molecule has 3 atom stereocenters. The van der Waals surface area contributed by atoms with E-state index < -0.39 is 12.1 Å². The van der Waals surface area contributed by atoms with Gasteiger partial charge in [-0.3, -0.25) is 9.59 Å². The first-order chi connectivity index (χ1) is 17.0. The molecule has 2 amide bonds. The number of nitrogens with zero attached hydrogens (tertiary/aromatic N) is 2. The molecule has 5 heteroatoms. The van der Waals surface area contributed by atoms with Gasteiger partial charge in [-0.15, -0.1) is 0 Å². The van der Waals surface area contributed by atoms with E-state index in [1.54, 1.807) is 0 Å². The standard InChI is InChI=1S/C30H39N3O2/c1-4-24(3)19-22-32(5-2)20-12-21-33-28(18-17-25-13-8-6-9-14-25)29(34)31-27(30(33)35)23-26-15-10-7-11-16-26/h5-11,13-16,19,22,24,27-28H,2,4,12,17-18,20-21,23H2,1,3H3,(H,31,34)/b22-19-. The van der Waals surface area contributed by atoms with Crippen molar-refractivity contribution in [2.75, 3.05) is 13.1 Å². The predicted molar refractivity (Wildman–Crippen MR) is 142 cm³/mol. The lowest BCUT2D eigenvalue weighted by Gasteiger charge is -2.39. The van der Waals surface area contributed by atoms with Crippen molar-refractivity contribution in [3.63, 3.8) is 0 Å². The molecular formula is C30H39N3O2. The fraction of sp³-hybridized carbons (Fsp3) is 0.400. The van der Waals surface area contributed by atoms with Crippen LogP contribution in [0.15, 0.2) is 85.7 Å². The van der Waals surface area contributed by atoms with E-state index in [4.69, 9.17) is 0 Å². The Labute approximate surface area is 210 Å². The van der Waals surface area contributed by atoms with Crippen molar-refractivity contribution in [2.45, 2.75) is 58.0 Å². The lowest BCUT2D eigenvalue weighted by atomic mass is 9.96. The van der Waals surface area contributed by atoms with E-state index in [9.17, 15) is 9.59 Å². The Morgan fingerprint density at radius 2 is 1.71 bits per heavy atom. The fourth-order valence-electron chi connectivity index (χ4n) is 4.36. The third-order valence-corrected chi connectivity index (χ3v) is 6.71. The zero-order valence-electron chi connectivity index (χ0n) is 21.1. The van der Waals surface area contributed by atoms with E-state index in [1.165, 1.54) is 5.56 Å². The Hall–Kier alpha value is -3.34. The average molecular weight is 474 g/mol. The number of amides is 2. The minimum absolute atomic E-state index is 0.00631. The van der Waals surface area contributed by atoms with Gasteiger partial charge in [0.05, 0.1) is 0 Å². The maximum atomic E-state index is 13.6. The first-order valence-electron chi connectivity index (χ1n) is 12.8. The van der Waals surface area contributed by atoms with E-state index in [2.05, 4.69) is 55.1 Å². The van der Waals surface area contributed by atoms with Gasteiger partial charge in [0.1, 0.15) is 12.1 Å². The molecule has 0 spiro atoms. The van der Waals surface area contributed by atoms with Crippen LogP contribution in [0.25, 0.3) is 0 Å². The van der Waals surface area contributed by atoms with Crippen LogP contribution < -0.4 is 5.32 Å². The molecule has 1 saturated heterocycles. The number of piperazine rings is 1. The minimum Gasteiger partial charge on any atom is -0.355 e. The van der Waals surface area contributed by atoms with Gasteiger partial charge in [0.15, 0.2) is 0 Å². The summed E-state index contributed by atoms with van der Waals surface area (Å²) in [5.41, 5.74) is 2.22. The van der Waals surface area contributed by atoms with Crippen LogP contribution in [-0.2, 0) is 22.4 Å². The lowest BCUT2D eigenvalue weighted by Crippen LogP contribution is -2.64. The van der Waals surface area contributed by atoms with Gasteiger partial charge in [-0.25, -0.2) is 0 Å². The maximum Gasteiger partial charge on any atom is 0.246 e. The number of benzene rings is 2. The molecule has 1 aliphatic heterocycles. The molecule has 1 fully saturated rings. The van der Waals surface area contributed by atoms with Gasteiger partial charge in [-0.05, 0) is 48.7 Å². The molecule has 186 valence electrons. The van der Waals surface area contributed by atoms with Gasteiger partial charge in [-0.2, -0.15) is 0 Å². The number of allylic oxidation sites excluding steroid dienone is 1. The summed E-state index contributed by atoms with van der Waals surface area (Å²) in [4.78, 5) is 30.6. The summed E-state index contributed by atoms with van der Waals surface area (Å²) in [6, 6.07) is 19.0. The van der Waals surface area contributed by atoms with Crippen molar-refractivity contribution in [3.8, 4) is 0 Å². The molecule has 1 aliphatic rings. The van der Waals surface area contributed by atoms with E-state index in [0.717, 1.165) is 31.4 Å². The molecule has 0 radical (unpaired) electrons. The monoisotopic (exact) mass is 473 g/mol. The third kappa shape index (κ3) is 7.84. The molecule has 1 N–H and O–H groups in total. The van der Waals surface area contributed by atoms with E-state index in [-0.39, 0.29) is 11.8 Å². The smallest absolute Gasteiger partial charge is 0.246 e. The van der Waals surface area contributed by atoms with Crippen LogP contribution in [0, 0.1) is 5.92 Å². The van der Waals surface area contributed by atoms with Crippen LogP contribution in [0.5, 0.6) is 0 Å². The van der Waals surface area contributed by atoms with E-state index >= 15 is 0 Å². The summed E-state index contributed by atoms with van der Waals surface area (Å²) in [6.07, 6.45) is 9.77. The van der Waals surface area contributed by atoms with Gasteiger partial charge in [0.25, 0.3) is 0 Å². The Morgan fingerprint density at radius 3 is 2.34 bits per heavy atom. The second-order valence-corrected chi connectivity index (χ2v) is 9.32. The number of hydrogen-bond donors (Lipinski definition) is 1. The number of nitrogens with one attached hydrogen (secondary N) is 1. The zero-order valence-corrected chi connectivity index (χ0v) is 21.1. The van der Waals surface area contributed by atoms with Crippen molar-refractivity contribution in [3.05, 3.63) is 96.8 Å². The number of carbonyl (C=O) groups is 2. The van der Waals surface area contributed by atoms with Crippen LogP contribution in [-0.4, -0.2) is 46.8 Å². The van der Waals surface area contributed by atoms with Crippen LogP contribution in [0.3, 0.4) is 0 Å². The summed E-state index contributed by atoms with van der Waals surface area (Å²) in [7, 11) is 0. The Bertz CT molecular complexity index is 974. The molecule has 0 bridgehead atoms. The Morgan fingerprint density at radius 1 is 1.06 bits per heavy atom. The third-order valence-electron chi connectivity index (χ3n) is 6.71. The molecule has 2 aromatic carbocycles. The average Bonchev–Trinajstić information content (AvgIpc) is 2.89. The molecule has 0 aromatic heterocycles. The molecule has 1 heterocycles. The summed E-state index contributed by atoms with van der Waals surface area (Å²) >= 11 is 0. The number of hydrogen-bond acceptors (Lipinski definition) is 3. The molecular weight excluding hydrogens is 434 g/mol. The highest BCUT2D eigenvalue weighted by molar-refractivity contribution is 5.97. The molecule has 0 aliphatic carbocycles. The molecule has 2 aromatic rings. The van der Waals surface area contributed by atoms with Crippen molar-refractivity contribution in [1.82, 2.24) is 15.1 Å². The molecule has 35 heavy (non-hydrogen) atoms. The summed E-state index contributed by atoms with van der Waals surface area (Å²) < 4.78 is 0. The lowest BCUT2D eigenvalue weighted by molar-refractivity contribution is -0.149. The Kier molecular flexibility index (Phi) is 10.1. The molecule has 5 nitrogen and oxygen atoms in total. The van der Waals surface area contributed by atoms with Crippen molar-refractivity contribution in [1.29, 1.82) is 0 Å². The van der Waals surface area contributed by atoms with E-state index in [0.29, 0.717) is 25.3 Å².